The Balaban J connectivity index is 2.90. The topological polar surface area (TPSA) is 64.2 Å². The molecule has 0 aliphatic carbocycles. The largest absolute Gasteiger partial charge is 0.496 e. The van der Waals surface area contributed by atoms with Crippen LogP contribution in [-0.4, -0.2) is 24.2 Å². The number of hydrogen-bond donors (Lipinski definition) is 1. The summed E-state index contributed by atoms with van der Waals surface area (Å²) in [5.41, 5.74) is 0.207. The molecule has 2 aromatic rings. The first-order valence-electron chi connectivity index (χ1n) is 4.37. The first-order valence-corrected chi connectivity index (χ1v) is 4.37. The fourth-order valence-corrected chi connectivity index (χ4v) is 1.46. The number of benzene rings is 1. The summed E-state index contributed by atoms with van der Waals surface area (Å²) in [5.74, 6) is 0.888. The number of nitrogens with one attached hydrogen (secondary N) is 1. The molecule has 0 bridgehead atoms. The van der Waals surface area contributed by atoms with Gasteiger partial charge in [-0.15, -0.1) is 0 Å². The fraction of sp³-hybridized carbons (Fsp3) is 0.200. The maximum atomic E-state index is 11.2. The molecule has 0 unspecified atom stereocenters. The monoisotopic (exact) mass is 206 g/mol. The van der Waals surface area contributed by atoms with Crippen molar-refractivity contribution >= 4 is 10.9 Å². The van der Waals surface area contributed by atoms with Crippen LogP contribution < -0.4 is 15.2 Å². The van der Waals surface area contributed by atoms with Crippen LogP contribution in [0.2, 0.25) is 0 Å². The summed E-state index contributed by atoms with van der Waals surface area (Å²) in [6.07, 6.45) is 0. The molecule has 1 heterocycles. The van der Waals surface area contributed by atoms with Crippen LogP contribution in [0.15, 0.2) is 23.0 Å². The van der Waals surface area contributed by atoms with E-state index in [1.54, 1.807) is 25.3 Å². The molecule has 1 aromatic carbocycles. The quantitative estimate of drug-likeness (QED) is 0.794. The second kappa shape index (κ2) is 3.61. The number of aromatic amines is 1. The molecule has 78 valence electrons. The number of ether oxygens (including phenoxy) is 2. The number of aromatic nitrogens is 2. The van der Waals surface area contributed by atoms with Crippen LogP contribution in [0.25, 0.3) is 10.9 Å². The van der Waals surface area contributed by atoms with E-state index in [1.165, 1.54) is 7.11 Å². The normalized spacial score (nSPS) is 10.3. The summed E-state index contributed by atoms with van der Waals surface area (Å²) in [6.45, 7) is 0. The molecule has 0 radical (unpaired) electrons. The molecule has 0 saturated carbocycles. The van der Waals surface area contributed by atoms with Gasteiger partial charge < -0.3 is 14.5 Å². The zero-order chi connectivity index (χ0) is 10.8. The Morgan fingerprint density at radius 1 is 1.27 bits per heavy atom. The van der Waals surface area contributed by atoms with Crippen LogP contribution >= 0.6 is 0 Å². The van der Waals surface area contributed by atoms with Crippen molar-refractivity contribution in [2.45, 2.75) is 0 Å². The number of fused-ring (bicyclic) bond motifs is 1. The molecule has 0 aliphatic rings. The third-order valence-corrected chi connectivity index (χ3v) is 2.10. The molecule has 0 aliphatic heterocycles. The SMILES string of the molecule is COc1cccc2[nH]c(=O)nc(OC)c12. The number of hydrogen-bond acceptors (Lipinski definition) is 4. The third-order valence-electron chi connectivity index (χ3n) is 2.10. The first kappa shape index (κ1) is 9.51. The summed E-state index contributed by atoms with van der Waals surface area (Å²) in [7, 11) is 3.02. The fourth-order valence-electron chi connectivity index (χ4n) is 1.46. The van der Waals surface area contributed by atoms with Gasteiger partial charge in [0.2, 0.25) is 5.88 Å². The molecule has 5 nitrogen and oxygen atoms in total. The van der Waals surface area contributed by atoms with Crippen LogP contribution in [0.4, 0.5) is 0 Å². The minimum absolute atomic E-state index is 0.270. The lowest BCUT2D eigenvalue weighted by Gasteiger charge is -2.07. The van der Waals surface area contributed by atoms with Gasteiger partial charge >= 0.3 is 5.69 Å². The lowest BCUT2D eigenvalue weighted by molar-refractivity contribution is 0.392. The highest BCUT2D eigenvalue weighted by molar-refractivity contribution is 5.89. The average molecular weight is 206 g/mol. The van der Waals surface area contributed by atoms with E-state index in [1.807, 2.05) is 0 Å². The molecule has 15 heavy (non-hydrogen) atoms. The van der Waals surface area contributed by atoms with Gasteiger partial charge in [-0.1, -0.05) is 6.07 Å². The first-order chi connectivity index (χ1) is 7.26. The molecular weight excluding hydrogens is 196 g/mol. The van der Waals surface area contributed by atoms with E-state index in [4.69, 9.17) is 9.47 Å². The van der Waals surface area contributed by atoms with Crippen molar-refractivity contribution in [2.75, 3.05) is 14.2 Å². The molecular formula is C10H10N2O3. The van der Waals surface area contributed by atoms with Crippen molar-refractivity contribution in [3.05, 3.63) is 28.7 Å². The Morgan fingerprint density at radius 2 is 2.07 bits per heavy atom. The van der Waals surface area contributed by atoms with E-state index in [-0.39, 0.29) is 5.88 Å². The highest BCUT2D eigenvalue weighted by Crippen LogP contribution is 2.29. The molecule has 0 atom stereocenters. The number of methoxy groups -OCH3 is 2. The highest BCUT2D eigenvalue weighted by Gasteiger charge is 2.09. The summed E-state index contributed by atoms with van der Waals surface area (Å²) in [6, 6.07) is 5.34. The average Bonchev–Trinajstić information content (AvgIpc) is 2.26. The van der Waals surface area contributed by atoms with Gasteiger partial charge in [-0.2, -0.15) is 4.98 Å². The third kappa shape index (κ3) is 1.52. The van der Waals surface area contributed by atoms with E-state index in [0.717, 1.165) is 0 Å². The van der Waals surface area contributed by atoms with Gasteiger partial charge in [0.25, 0.3) is 0 Å². The molecule has 5 heteroatoms. The highest BCUT2D eigenvalue weighted by atomic mass is 16.5. The number of nitrogens with zero attached hydrogens (tertiary/aromatic N) is 1. The van der Waals surface area contributed by atoms with Gasteiger partial charge in [0, 0.05) is 0 Å². The maximum absolute atomic E-state index is 11.2. The minimum atomic E-state index is -0.437. The summed E-state index contributed by atoms with van der Waals surface area (Å²) in [4.78, 5) is 17.5. The van der Waals surface area contributed by atoms with Gasteiger partial charge in [-0.05, 0) is 12.1 Å². The zero-order valence-electron chi connectivity index (χ0n) is 8.40. The Hall–Kier alpha value is -2.04. The van der Waals surface area contributed by atoms with E-state index in [2.05, 4.69) is 9.97 Å². The van der Waals surface area contributed by atoms with Crippen molar-refractivity contribution in [2.24, 2.45) is 0 Å². The Kier molecular flexibility index (Phi) is 2.29. The van der Waals surface area contributed by atoms with Crippen LogP contribution in [0.3, 0.4) is 0 Å². The van der Waals surface area contributed by atoms with Crippen LogP contribution in [0.5, 0.6) is 11.6 Å². The van der Waals surface area contributed by atoms with Gasteiger partial charge in [-0.3, -0.25) is 0 Å². The molecule has 0 spiro atoms. The Labute approximate surface area is 85.7 Å². The summed E-state index contributed by atoms with van der Waals surface area (Å²) in [5, 5.41) is 0.669. The van der Waals surface area contributed by atoms with Gasteiger partial charge in [0.15, 0.2) is 0 Å². The predicted octanol–water partition coefficient (Wildman–Crippen LogP) is 0.940. The van der Waals surface area contributed by atoms with E-state index in [9.17, 15) is 4.79 Å². The van der Waals surface area contributed by atoms with Crippen molar-refractivity contribution in [3.8, 4) is 11.6 Å². The maximum Gasteiger partial charge on any atom is 0.348 e. The van der Waals surface area contributed by atoms with E-state index in [0.29, 0.717) is 16.7 Å². The second-order valence-electron chi connectivity index (χ2n) is 2.93. The van der Waals surface area contributed by atoms with Gasteiger partial charge in [-0.25, -0.2) is 4.79 Å². The van der Waals surface area contributed by atoms with Crippen molar-refractivity contribution in [3.63, 3.8) is 0 Å². The lowest BCUT2D eigenvalue weighted by Crippen LogP contribution is -2.11. The zero-order valence-corrected chi connectivity index (χ0v) is 8.40. The van der Waals surface area contributed by atoms with Crippen molar-refractivity contribution in [1.82, 2.24) is 9.97 Å². The molecule has 0 saturated heterocycles. The van der Waals surface area contributed by atoms with E-state index >= 15 is 0 Å². The van der Waals surface area contributed by atoms with E-state index < -0.39 is 5.69 Å². The van der Waals surface area contributed by atoms with Gasteiger partial charge in [0.1, 0.15) is 11.1 Å². The second-order valence-corrected chi connectivity index (χ2v) is 2.93. The molecule has 1 aromatic heterocycles. The van der Waals surface area contributed by atoms with Crippen LogP contribution in [0, 0.1) is 0 Å². The van der Waals surface area contributed by atoms with Crippen LogP contribution in [-0.2, 0) is 0 Å². The molecule has 2 rings (SSSR count). The molecule has 1 N–H and O–H groups in total. The van der Waals surface area contributed by atoms with Crippen molar-refractivity contribution in [1.29, 1.82) is 0 Å². The smallest absolute Gasteiger partial charge is 0.348 e. The lowest BCUT2D eigenvalue weighted by atomic mass is 10.2. The van der Waals surface area contributed by atoms with Gasteiger partial charge in [0.05, 0.1) is 19.7 Å². The number of rotatable bonds is 2. The predicted molar refractivity (Wildman–Crippen MR) is 55.5 cm³/mol. The Morgan fingerprint density at radius 3 is 2.73 bits per heavy atom. The minimum Gasteiger partial charge on any atom is -0.496 e. The van der Waals surface area contributed by atoms with Crippen molar-refractivity contribution < 1.29 is 9.47 Å². The number of H-pyrrole nitrogens is 1. The summed E-state index contributed by atoms with van der Waals surface area (Å²) < 4.78 is 10.2. The Bertz CT molecular complexity index is 548. The van der Waals surface area contributed by atoms with Crippen LogP contribution in [0.1, 0.15) is 0 Å². The summed E-state index contributed by atoms with van der Waals surface area (Å²) >= 11 is 0. The standard InChI is InChI=1S/C10H10N2O3/c1-14-7-5-3-4-6-8(7)9(15-2)12-10(13)11-6/h3-5H,1-2H3,(H,11,12,13). The molecule has 0 fully saturated rings. The molecule has 0 amide bonds.